The molecule has 1 N–H and O–H groups in total. The van der Waals surface area contributed by atoms with Gasteiger partial charge in [-0.05, 0) is 43.7 Å². The summed E-state index contributed by atoms with van der Waals surface area (Å²) in [5.41, 5.74) is 0.800. The van der Waals surface area contributed by atoms with Crippen LogP contribution in [-0.4, -0.2) is 47.9 Å². The topological polar surface area (TPSA) is 81.6 Å². The summed E-state index contributed by atoms with van der Waals surface area (Å²) in [6.07, 6.45) is 53.6. The van der Waals surface area contributed by atoms with Gasteiger partial charge in [-0.25, -0.2) is 0 Å². The molecule has 0 aliphatic carbocycles. The Bertz CT molecular complexity index is 1380. The van der Waals surface area contributed by atoms with Crippen LogP contribution in [0.1, 0.15) is 304 Å². The lowest BCUT2D eigenvalue weighted by Crippen LogP contribution is -2.28. The van der Waals surface area contributed by atoms with Crippen LogP contribution in [0, 0.1) is 0 Å². The Labute approximate surface area is 438 Å². The van der Waals surface area contributed by atoms with Crippen molar-refractivity contribution in [3.63, 3.8) is 0 Å². The summed E-state index contributed by atoms with van der Waals surface area (Å²) in [6, 6.07) is 4.11. The molecule has 1 aromatic heterocycles. The van der Waals surface area contributed by atoms with Gasteiger partial charge in [-0.2, -0.15) is 15.0 Å². The molecule has 2 aromatic rings. The third-order valence-corrected chi connectivity index (χ3v) is 14.1. The molecule has 0 saturated heterocycles. The van der Waals surface area contributed by atoms with Gasteiger partial charge < -0.3 is 24.4 Å². The maximum Gasteiger partial charge on any atom is 0.233 e. The molecule has 0 radical (unpaired) electrons. The molecular formula is C61H112ClN5O3. The van der Waals surface area contributed by atoms with Gasteiger partial charge in [0.2, 0.25) is 22.9 Å². The number of unbranched alkanes of at least 4 members (excludes halogenated alkanes) is 37. The van der Waals surface area contributed by atoms with Crippen LogP contribution in [0.25, 0.3) is 0 Å². The van der Waals surface area contributed by atoms with Crippen LogP contribution >= 0.6 is 11.6 Å². The van der Waals surface area contributed by atoms with Gasteiger partial charge in [-0.15, -0.1) is 0 Å². The van der Waals surface area contributed by atoms with Crippen molar-refractivity contribution in [3.8, 4) is 17.2 Å². The second-order valence-corrected chi connectivity index (χ2v) is 21.1. The third-order valence-electron chi connectivity index (χ3n) is 14.0. The first-order valence-corrected chi connectivity index (χ1v) is 30.9. The lowest BCUT2D eigenvalue weighted by molar-refractivity contribution is 0.234. The van der Waals surface area contributed by atoms with E-state index < -0.39 is 0 Å². The van der Waals surface area contributed by atoms with Crippen molar-refractivity contribution in [3.05, 3.63) is 17.4 Å². The quantitative estimate of drug-likeness (QED) is 0.0657. The summed E-state index contributed by atoms with van der Waals surface area (Å²) in [6.45, 7) is 15.2. The van der Waals surface area contributed by atoms with E-state index in [-0.39, 0.29) is 5.28 Å². The smallest absolute Gasteiger partial charge is 0.233 e. The van der Waals surface area contributed by atoms with Crippen molar-refractivity contribution in [2.24, 2.45) is 0 Å². The lowest BCUT2D eigenvalue weighted by atomic mass is 10.1. The first-order valence-electron chi connectivity index (χ1n) is 30.6. The van der Waals surface area contributed by atoms with Crippen LogP contribution < -0.4 is 24.4 Å². The SMILES string of the molecule is CCCCCCCCCCCCOc1cc(Nc2nc(Cl)nc(N(CCCCCCCC)CCCCCCCC)n2)cc(OCCCCCCCCCCCC)c1OCCCCCCCCCCCC. The normalized spacial score (nSPS) is 11.4. The van der Waals surface area contributed by atoms with Crippen molar-refractivity contribution < 1.29 is 14.2 Å². The molecule has 0 atom stereocenters. The molecule has 0 aliphatic rings. The minimum absolute atomic E-state index is 0.203. The first kappa shape index (κ1) is 63.6. The molecule has 0 aliphatic heterocycles. The molecule has 8 nitrogen and oxygen atoms in total. The molecule has 70 heavy (non-hydrogen) atoms. The van der Waals surface area contributed by atoms with Crippen molar-refractivity contribution in [2.75, 3.05) is 43.1 Å². The zero-order valence-corrected chi connectivity index (χ0v) is 47.5. The lowest BCUT2D eigenvalue weighted by Gasteiger charge is -2.23. The molecular weight excluding hydrogens is 886 g/mol. The summed E-state index contributed by atoms with van der Waals surface area (Å²) in [4.78, 5) is 16.7. The fraction of sp³-hybridized carbons (Fsp3) is 0.852. The van der Waals surface area contributed by atoms with Crippen LogP contribution in [-0.2, 0) is 0 Å². The number of ether oxygens (including phenoxy) is 3. The molecule has 0 saturated carbocycles. The largest absolute Gasteiger partial charge is 0.489 e. The molecule has 406 valence electrons. The molecule has 0 unspecified atom stereocenters. The highest BCUT2D eigenvalue weighted by atomic mass is 35.5. The fourth-order valence-electron chi connectivity index (χ4n) is 9.46. The highest BCUT2D eigenvalue weighted by Crippen LogP contribution is 2.42. The van der Waals surface area contributed by atoms with Crippen LogP contribution in [0.3, 0.4) is 0 Å². The maximum absolute atomic E-state index is 6.74. The number of aromatic nitrogens is 3. The minimum atomic E-state index is 0.203. The number of hydrogen-bond acceptors (Lipinski definition) is 8. The van der Waals surface area contributed by atoms with Gasteiger partial charge in [-0.1, -0.05) is 272 Å². The molecule has 0 spiro atoms. The molecule has 9 heteroatoms. The Morgan fingerprint density at radius 3 is 1.01 bits per heavy atom. The third kappa shape index (κ3) is 34.8. The summed E-state index contributed by atoms with van der Waals surface area (Å²) < 4.78 is 20.1. The van der Waals surface area contributed by atoms with Gasteiger partial charge in [0.05, 0.1) is 19.8 Å². The zero-order chi connectivity index (χ0) is 50.2. The van der Waals surface area contributed by atoms with E-state index in [4.69, 9.17) is 35.8 Å². The average Bonchev–Trinajstić information content (AvgIpc) is 3.35. The molecule has 1 aromatic carbocycles. The monoisotopic (exact) mass is 998 g/mol. The van der Waals surface area contributed by atoms with Gasteiger partial charge >= 0.3 is 0 Å². The Morgan fingerprint density at radius 1 is 0.371 bits per heavy atom. The van der Waals surface area contributed by atoms with E-state index in [9.17, 15) is 0 Å². The Kier molecular flexibility index (Phi) is 43.2. The number of anilines is 3. The van der Waals surface area contributed by atoms with Crippen molar-refractivity contribution in [2.45, 2.75) is 304 Å². The van der Waals surface area contributed by atoms with E-state index in [0.29, 0.717) is 31.7 Å². The van der Waals surface area contributed by atoms with Gasteiger partial charge in [0.15, 0.2) is 11.5 Å². The fourth-order valence-corrected chi connectivity index (χ4v) is 9.61. The maximum atomic E-state index is 6.74. The summed E-state index contributed by atoms with van der Waals surface area (Å²) in [5.74, 6) is 3.25. The van der Waals surface area contributed by atoms with E-state index in [1.807, 2.05) is 0 Å². The van der Waals surface area contributed by atoms with E-state index >= 15 is 0 Å². The average molecular weight is 999 g/mol. The number of nitrogens with one attached hydrogen (secondary N) is 1. The number of hydrogen-bond donors (Lipinski definition) is 1. The summed E-state index contributed by atoms with van der Waals surface area (Å²) in [7, 11) is 0. The van der Waals surface area contributed by atoms with Crippen molar-refractivity contribution in [1.29, 1.82) is 0 Å². The van der Waals surface area contributed by atoms with Crippen LogP contribution in [0.5, 0.6) is 17.2 Å². The zero-order valence-electron chi connectivity index (χ0n) is 46.8. The first-order chi connectivity index (χ1) is 34.6. The predicted octanol–water partition coefficient (Wildman–Crippen LogP) is 20.7. The number of halogens is 1. The molecule has 2 rings (SSSR count). The Hall–Kier alpha value is -2.48. The van der Waals surface area contributed by atoms with Gasteiger partial charge in [0, 0.05) is 30.9 Å². The molecule has 1 heterocycles. The van der Waals surface area contributed by atoms with E-state index in [0.717, 1.165) is 68.1 Å². The van der Waals surface area contributed by atoms with E-state index in [2.05, 4.69) is 62.0 Å². The second-order valence-electron chi connectivity index (χ2n) is 20.8. The number of benzene rings is 1. The van der Waals surface area contributed by atoms with E-state index in [1.165, 1.54) is 238 Å². The molecule has 0 bridgehead atoms. The minimum Gasteiger partial charge on any atom is -0.489 e. The molecule has 0 amide bonds. The van der Waals surface area contributed by atoms with Crippen molar-refractivity contribution in [1.82, 2.24) is 15.0 Å². The Balaban J connectivity index is 2.30. The molecule has 0 fully saturated rings. The van der Waals surface area contributed by atoms with Gasteiger partial charge in [0.1, 0.15) is 0 Å². The standard InChI is InChI=1S/C61H112ClN5O3/c1-6-11-16-21-26-29-32-35-40-45-50-68-56-53-55(63-60-64-59(62)65-61(66-60)67(48-43-38-24-19-14-9-4)49-44-39-25-20-15-10-5)54-57(69-51-46-41-36-33-30-27-22-17-12-7-2)58(56)70-52-47-42-37-34-31-28-23-18-13-8-3/h53-54H,6-52H2,1-5H3,(H,63,64,65,66). The number of nitrogens with zero attached hydrogens (tertiary/aromatic N) is 4. The summed E-state index contributed by atoms with van der Waals surface area (Å²) in [5, 5.41) is 3.74. The van der Waals surface area contributed by atoms with Crippen LogP contribution in [0.2, 0.25) is 5.28 Å². The van der Waals surface area contributed by atoms with Gasteiger partial charge in [-0.3, -0.25) is 0 Å². The second kappa shape index (κ2) is 47.5. The van der Waals surface area contributed by atoms with Gasteiger partial charge in [0.25, 0.3) is 0 Å². The number of rotatable bonds is 53. The van der Waals surface area contributed by atoms with Crippen molar-refractivity contribution >= 4 is 29.2 Å². The van der Waals surface area contributed by atoms with Crippen LogP contribution in [0.4, 0.5) is 17.6 Å². The van der Waals surface area contributed by atoms with E-state index in [1.54, 1.807) is 0 Å². The summed E-state index contributed by atoms with van der Waals surface area (Å²) >= 11 is 6.74. The predicted molar refractivity (Wildman–Crippen MR) is 306 cm³/mol. The Morgan fingerprint density at radius 2 is 0.671 bits per heavy atom. The highest BCUT2D eigenvalue weighted by Gasteiger charge is 2.19. The highest BCUT2D eigenvalue weighted by molar-refractivity contribution is 6.28. The van der Waals surface area contributed by atoms with Crippen LogP contribution in [0.15, 0.2) is 12.1 Å².